The average molecular weight is 293 g/mol. The number of ether oxygens (including phenoxy) is 1. The number of aromatic hydroxyl groups is 1. The average Bonchev–Trinajstić information content (AvgIpc) is 2.44. The maximum absolute atomic E-state index is 9.49. The molecule has 2 aromatic rings. The Balaban J connectivity index is 1.97. The summed E-state index contributed by atoms with van der Waals surface area (Å²) in [6.07, 6.45) is 4.47. The molecule has 3 heteroatoms. The van der Waals surface area contributed by atoms with Gasteiger partial charge >= 0.3 is 0 Å². The van der Waals surface area contributed by atoms with Crippen molar-refractivity contribution in [3.05, 3.63) is 35.9 Å². The van der Waals surface area contributed by atoms with Crippen molar-refractivity contribution in [1.82, 2.24) is 0 Å². The Labute approximate surface area is 125 Å². The lowest BCUT2D eigenvalue weighted by molar-refractivity contribution is 0.303. The largest absolute Gasteiger partial charge is 0.508 e. The third-order valence-corrected chi connectivity index (χ3v) is 3.78. The number of halogens is 1. The van der Waals surface area contributed by atoms with E-state index in [1.807, 2.05) is 18.2 Å². The van der Waals surface area contributed by atoms with Gasteiger partial charge < -0.3 is 9.84 Å². The van der Waals surface area contributed by atoms with Crippen molar-refractivity contribution in [1.29, 1.82) is 0 Å². The van der Waals surface area contributed by atoms with Crippen LogP contribution in [-0.4, -0.2) is 17.6 Å². The molecule has 108 valence electrons. The Morgan fingerprint density at radius 1 is 1.05 bits per heavy atom. The first-order chi connectivity index (χ1) is 9.72. The second-order valence-electron chi connectivity index (χ2n) is 5.05. The van der Waals surface area contributed by atoms with Crippen LogP contribution >= 0.6 is 11.6 Å². The predicted molar refractivity (Wildman–Crippen MR) is 85.0 cm³/mol. The van der Waals surface area contributed by atoms with Crippen LogP contribution in [-0.2, 0) is 0 Å². The fourth-order valence-electron chi connectivity index (χ4n) is 2.34. The number of phenols is 1. The topological polar surface area (TPSA) is 29.5 Å². The molecule has 0 unspecified atom stereocenters. The fraction of sp³-hybridized carbons (Fsp3) is 0.412. The highest BCUT2D eigenvalue weighted by Crippen LogP contribution is 2.29. The number of aryl methyl sites for hydroxylation is 1. The molecule has 0 spiro atoms. The SMILES string of the molecule is Cc1c(OCCCCCCCl)ccc2cc(O)ccc12. The van der Waals surface area contributed by atoms with Gasteiger partial charge in [-0.25, -0.2) is 0 Å². The van der Waals surface area contributed by atoms with Gasteiger partial charge in [-0.15, -0.1) is 11.6 Å². The molecule has 0 aromatic heterocycles. The Morgan fingerprint density at radius 2 is 1.85 bits per heavy atom. The first kappa shape index (κ1) is 15.0. The number of hydrogen-bond donors (Lipinski definition) is 1. The number of benzene rings is 2. The number of unbranched alkanes of at least 4 members (excludes halogenated alkanes) is 3. The summed E-state index contributed by atoms with van der Waals surface area (Å²) in [6.45, 7) is 2.80. The monoisotopic (exact) mass is 292 g/mol. The van der Waals surface area contributed by atoms with Gasteiger partial charge in [0.15, 0.2) is 0 Å². The first-order valence-corrected chi connectivity index (χ1v) is 7.67. The molecule has 0 heterocycles. The van der Waals surface area contributed by atoms with E-state index in [-0.39, 0.29) is 0 Å². The zero-order valence-electron chi connectivity index (χ0n) is 11.9. The summed E-state index contributed by atoms with van der Waals surface area (Å²) in [5.74, 6) is 1.97. The second-order valence-corrected chi connectivity index (χ2v) is 5.42. The highest BCUT2D eigenvalue weighted by atomic mass is 35.5. The van der Waals surface area contributed by atoms with Crippen LogP contribution in [0, 0.1) is 6.92 Å². The number of fused-ring (bicyclic) bond motifs is 1. The summed E-state index contributed by atoms with van der Waals surface area (Å²) in [5.41, 5.74) is 1.13. The molecule has 2 aromatic carbocycles. The number of alkyl halides is 1. The van der Waals surface area contributed by atoms with E-state index in [1.165, 1.54) is 6.42 Å². The Morgan fingerprint density at radius 3 is 2.65 bits per heavy atom. The fourth-order valence-corrected chi connectivity index (χ4v) is 2.53. The molecule has 0 fully saturated rings. The van der Waals surface area contributed by atoms with E-state index in [4.69, 9.17) is 16.3 Å². The van der Waals surface area contributed by atoms with Gasteiger partial charge in [-0.1, -0.05) is 25.0 Å². The summed E-state index contributed by atoms with van der Waals surface area (Å²) in [5, 5.41) is 11.7. The first-order valence-electron chi connectivity index (χ1n) is 7.13. The third kappa shape index (κ3) is 3.80. The molecule has 2 rings (SSSR count). The standard InChI is InChI=1S/C17H21ClO2/c1-13-16-8-7-15(19)12-14(16)6-9-17(13)20-11-5-3-2-4-10-18/h6-9,12,19H,2-5,10-11H2,1H3. The summed E-state index contributed by atoms with van der Waals surface area (Å²) in [7, 11) is 0. The van der Waals surface area contributed by atoms with Gasteiger partial charge in [0.25, 0.3) is 0 Å². The number of phenolic OH excluding ortho intramolecular Hbond substituents is 1. The van der Waals surface area contributed by atoms with Crippen molar-refractivity contribution in [3.63, 3.8) is 0 Å². The van der Waals surface area contributed by atoms with E-state index in [2.05, 4.69) is 6.92 Å². The van der Waals surface area contributed by atoms with E-state index in [9.17, 15) is 5.11 Å². The molecule has 0 aliphatic carbocycles. The maximum atomic E-state index is 9.49. The van der Waals surface area contributed by atoms with Crippen LogP contribution in [0.5, 0.6) is 11.5 Å². The maximum Gasteiger partial charge on any atom is 0.122 e. The lowest BCUT2D eigenvalue weighted by atomic mass is 10.0. The highest BCUT2D eigenvalue weighted by Gasteiger charge is 2.05. The third-order valence-electron chi connectivity index (χ3n) is 3.51. The smallest absolute Gasteiger partial charge is 0.122 e. The lowest BCUT2D eigenvalue weighted by Gasteiger charge is -2.11. The molecular weight excluding hydrogens is 272 g/mol. The van der Waals surface area contributed by atoms with E-state index in [1.54, 1.807) is 12.1 Å². The molecule has 0 bridgehead atoms. The van der Waals surface area contributed by atoms with Crippen LogP contribution < -0.4 is 4.74 Å². The minimum absolute atomic E-state index is 0.296. The van der Waals surface area contributed by atoms with Gasteiger partial charge in [0, 0.05) is 5.88 Å². The van der Waals surface area contributed by atoms with Crippen LogP contribution in [0.25, 0.3) is 10.8 Å². The zero-order valence-corrected chi connectivity index (χ0v) is 12.6. The quantitative estimate of drug-likeness (QED) is 0.573. The van der Waals surface area contributed by atoms with Gasteiger partial charge in [0.1, 0.15) is 11.5 Å². The normalized spacial score (nSPS) is 10.9. The van der Waals surface area contributed by atoms with Crippen LogP contribution in [0.3, 0.4) is 0 Å². The van der Waals surface area contributed by atoms with Crippen molar-refractivity contribution in [2.75, 3.05) is 12.5 Å². The molecule has 0 amide bonds. The van der Waals surface area contributed by atoms with Gasteiger partial charge in [0.05, 0.1) is 6.61 Å². The van der Waals surface area contributed by atoms with Gasteiger partial charge in [-0.2, -0.15) is 0 Å². The van der Waals surface area contributed by atoms with Crippen LogP contribution in [0.4, 0.5) is 0 Å². The van der Waals surface area contributed by atoms with E-state index in [0.717, 1.165) is 53.8 Å². The van der Waals surface area contributed by atoms with Crippen LogP contribution in [0.15, 0.2) is 30.3 Å². The van der Waals surface area contributed by atoms with Crippen molar-refractivity contribution in [3.8, 4) is 11.5 Å². The van der Waals surface area contributed by atoms with Crippen molar-refractivity contribution in [2.24, 2.45) is 0 Å². The van der Waals surface area contributed by atoms with Crippen molar-refractivity contribution in [2.45, 2.75) is 32.6 Å². The molecular formula is C17H21ClO2. The molecule has 0 saturated carbocycles. The molecule has 2 nitrogen and oxygen atoms in total. The number of hydrogen-bond acceptors (Lipinski definition) is 2. The van der Waals surface area contributed by atoms with E-state index in [0.29, 0.717) is 5.75 Å². The molecule has 20 heavy (non-hydrogen) atoms. The molecule has 0 aliphatic rings. The summed E-state index contributed by atoms with van der Waals surface area (Å²) >= 11 is 5.65. The Bertz CT molecular complexity index is 566. The molecule has 0 saturated heterocycles. The summed E-state index contributed by atoms with van der Waals surface area (Å²) < 4.78 is 5.86. The highest BCUT2D eigenvalue weighted by molar-refractivity contribution is 6.17. The van der Waals surface area contributed by atoms with Gasteiger partial charge in [-0.05, 0) is 54.3 Å². The minimum atomic E-state index is 0.296. The van der Waals surface area contributed by atoms with Crippen molar-refractivity contribution < 1.29 is 9.84 Å². The second kappa shape index (κ2) is 7.39. The van der Waals surface area contributed by atoms with Crippen LogP contribution in [0.1, 0.15) is 31.2 Å². The minimum Gasteiger partial charge on any atom is -0.508 e. The predicted octanol–water partition coefficient (Wildman–Crippen LogP) is 5.03. The zero-order chi connectivity index (χ0) is 14.4. The van der Waals surface area contributed by atoms with Gasteiger partial charge in [-0.3, -0.25) is 0 Å². The van der Waals surface area contributed by atoms with E-state index < -0.39 is 0 Å². The molecule has 0 atom stereocenters. The summed E-state index contributed by atoms with van der Waals surface area (Å²) in [4.78, 5) is 0. The summed E-state index contributed by atoms with van der Waals surface area (Å²) in [6, 6.07) is 9.40. The van der Waals surface area contributed by atoms with Crippen molar-refractivity contribution >= 4 is 22.4 Å². The molecule has 0 aliphatic heterocycles. The van der Waals surface area contributed by atoms with E-state index >= 15 is 0 Å². The Kier molecular flexibility index (Phi) is 5.54. The Hall–Kier alpha value is -1.41. The van der Waals surface area contributed by atoms with Gasteiger partial charge in [0.2, 0.25) is 0 Å². The molecule has 0 radical (unpaired) electrons. The molecule has 1 N–H and O–H groups in total. The van der Waals surface area contributed by atoms with Crippen LogP contribution in [0.2, 0.25) is 0 Å². The number of rotatable bonds is 7. The lowest BCUT2D eigenvalue weighted by Crippen LogP contribution is -1.99.